The van der Waals surface area contributed by atoms with E-state index in [1.54, 1.807) is 22.6 Å². The summed E-state index contributed by atoms with van der Waals surface area (Å²) in [6, 6.07) is 0. The Morgan fingerprint density at radius 1 is 1.71 bits per heavy atom. The van der Waals surface area contributed by atoms with Crippen molar-refractivity contribution < 1.29 is 9.90 Å². The Kier molecular flexibility index (Phi) is 2.50. The van der Waals surface area contributed by atoms with E-state index in [0.29, 0.717) is 0 Å². The fraction of sp³-hybridized carbons (Fsp3) is 0.556. The number of thioether (sulfide) groups is 1. The number of aliphatic carboxylic acids is 1. The topological polar surface area (TPSA) is 55.1 Å². The molecule has 0 saturated heterocycles. The molecule has 2 atom stereocenters. The van der Waals surface area contributed by atoms with Gasteiger partial charge < -0.3 is 5.11 Å². The molecule has 0 radical (unpaired) electrons. The van der Waals surface area contributed by atoms with Crippen LogP contribution in [0.5, 0.6) is 0 Å². The van der Waals surface area contributed by atoms with Crippen LogP contribution in [0.1, 0.15) is 12.8 Å². The van der Waals surface area contributed by atoms with E-state index in [4.69, 9.17) is 5.11 Å². The average molecular weight is 212 g/mol. The summed E-state index contributed by atoms with van der Waals surface area (Å²) in [5.41, 5.74) is 0. The molecular weight excluding hydrogens is 200 g/mol. The second-order valence-electron chi connectivity index (χ2n) is 3.53. The standard InChI is InChI=1S/C9H12N2O2S/c1-11-5-6(4-10-11)14-8-3-2-7(8)9(12)13/h4-5,7-8H,2-3H2,1H3,(H,12,13). The molecule has 0 aromatic carbocycles. The van der Waals surface area contributed by atoms with E-state index in [1.807, 2.05) is 13.2 Å². The van der Waals surface area contributed by atoms with Crippen LogP contribution in [0.3, 0.4) is 0 Å². The van der Waals surface area contributed by atoms with E-state index in [1.165, 1.54) is 0 Å². The van der Waals surface area contributed by atoms with Gasteiger partial charge in [-0.3, -0.25) is 9.48 Å². The normalized spacial score (nSPS) is 25.8. The minimum absolute atomic E-state index is 0.166. The summed E-state index contributed by atoms with van der Waals surface area (Å²) >= 11 is 1.62. The largest absolute Gasteiger partial charge is 0.481 e. The molecule has 1 aliphatic carbocycles. The van der Waals surface area contributed by atoms with Gasteiger partial charge in [0.25, 0.3) is 0 Å². The van der Waals surface area contributed by atoms with Crippen LogP contribution in [0.4, 0.5) is 0 Å². The first-order valence-electron chi connectivity index (χ1n) is 4.55. The zero-order valence-electron chi connectivity index (χ0n) is 7.88. The van der Waals surface area contributed by atoms with E-state index in [-0.39, 0.29) is 11.2 Å². The van der Waals surface area contributed by atoms with Crippen molar-refractivity contribution in [3.63, 3.8) is 0 Å². The minimum atomic E-state index is -0.669. The molecule has 14 heavy (non-hydrogen) atoms. The lowest BCUT2D eigenvalue weighted by molar-refractivity contribution is -0.144. The van der Waals surface area contributed by atoms with Crippen LogP contribution in [0.15, 0.2) is 17.3 Å². The lowest BCUT2D eigenvalue weighted by atomic mass is 9.85. The van der Waals surface area contributed by atoms with Gasteiger partial charge in [-0.1, -0.05) is 0 Å². The van der Waals surface area contributed by atoms with Gasteiger partial charge in [0, 0.05) is 23.4 Å². The molecule has 4 nitrogen and oxygen atoms in total. The third-order valence-electron chi connectivity index (χ3n) is 2.50. The van der Waals surface area contributed by atoms with E-state index in [2.05, 4.69) is 5.10 Å². The van der Waals surface area contributed by atoms with Crippen molar-refractivity contribution >= 4 is 17.7 Å². The summed E-state index contributed by atoms with van der Waals surface area (Å²) in [6.45, 7) is 0. The SMILES string of the molecule is Cn1cc(SC2CCC2C(=O)O)cn1. The first-order valence-corrected chi connectivity index (χ1v) is 5.43. The molecular formula is C9H12N2O2S. The minimum Gasteiger partial charge on any atom is -0.481 e. The molecule has 2 unspecified atom stereocenters. The lowest BCUT2D eigenvalue weighted by Crippen LogP contribution is -2.34. The maximum absolute atomic E-state index is 10.8. The van der Waals surface area contributed by atoms with Crippen LogP contribution in [0.2, 0.25) is 0 Å². The van der Waals surface area contributed by atoms with Crippen molar-refractivity contribution in [2.75, 3.05) is 0 Å². The highest BCUT2D eigenvalue weighted by molar-refractivity contribution is 8.00. The van der Waals surface area contributed by atoms with Crippen LogP contribution < -0.4 is 0 Å². The van der Waals surface area contributed by atoms with Gasteiger partial charge in [0.2, 0.25) is 0 Å². The Morgan fingerprint density at radius 2 is 2.50 bits per heavy atom. The molecule has 1 saturated carbocycles. The maximum Gasteiger partial charge on any atom is 0.307 e. The van der Waals surface area contributed by atoms with Crippen LogP contribution in [-0.2, 0) is 11.8 Å². The molecule has 2 rings (SSSR count). The van der Waals surface area contributed by atoms with Crippen LogP contribution >= 0.6 is 11.8 Å². The average Bonchev–Trinajstić information content (AvgIpc) is 2.44. The van der Waals surface area contributed by atoms with Gasteiger partial charge in [-0.25, -0.2) is 0 Å². The van der Waals surface area contributed by atoms with Crippen LogP contribution in [0, 0.1) is 5.92 Å². The van der Waals surface area contributed by atoms with Crippen molar-refractivity contribution in [2.24, 2.45) is 13.0 Å². The number of nitrogens with zero attached hydrogens (tertiary/aromatic N) is 2. The van der Waals surface area contributed by atoms with Crippen molar-refractivity contribution in [3.8, 4) is 0 Å². The highest BCUT2D eigenvalue weighted by atomic mass is 32.2. The second-order valence-corrected chi connectivity index (χ2v) is 4.84. The number of hydrogen-bond acceptors (Lipinski definition) is 3. The van der Waals surface area contributed by atoms with Gasteiger partial charge in [0.15, 0.2) is 0 Å². The molecule has 0 aliphatic heterocycles. The summed E-state index contributed by atoms with van der Waals surface area (Å²) < 4.78 is 1.73. The molecule has 1 heterocycles. The molecule has 1 aromatic heterocycles. The van der Waals surface area contributed by atoms with Crippen molar-refractivity contribution in [2.45, 2.75) is 23.0 Å². The van der Waals surface area contributed by atoms with Crippen molar-refractivity contribution in [1.82, 2.24) is 9.78 Å². The Balaban J connectivity index is 1.95. The van der Waals surface area contributed by atoms with Crippen LogP contribution in [0.25, 0.3) is 0 Å². The van der Waals surface area contributed by atoms with E-state index in [0.717, 1.165) is 17.7 Å². The molecule has 76 valence electrons. The lowest BCUT2D eigenvalue weighted by Gasteiger charge is -2.32. The van der Waals surface area contributed by atoms with Crippen LogP contribution in [-0.4, -0.2) is 26.1 Å². The molecule has 1 aliphatic rings. The van der Waals surface area contributed by atoms with E-state index in [9.17, 15) is 4.79 Å². The second kappa shape index (κ2) is 3.65. The summed E-state index contributed by atoms with van der Waals surface area (Å²) in [7, 11) is 1.86. The van der Waals surface area contributed by atoms with Gasteiger partial charge in [0.05, 0.1) is 12.1 Å². The molecule has 1 fully saturated rings. The predicted octanol–water partition coefficient (Wildman–Crippen LogP) is 1.38. The van der Waals surface area contributed by atoms with Gasteiger partial charge in [-0.15, -0.1) is 11.8 Å². The fourth-order valence-corrected chi connectivity index (χ4v) is 2.87. The fourth-order valence-electron chi connectivity index (χ4n) is 1.53. The number of aromatic nitrogens is 2. The Bertz CT molecular complexity index is 350. The van der Waals surface area contributed by atoms with Gasteiger partial charge in [-0.05, 0) is 12.8 Å². The first-order chi connectivity index (χ1) is 6.66. The predicted molar refractivity (Wildman–Crippen MR) is 53.2 cm³/mol. The smallest absolute Gasteiger partial charge is 0.307 e. The Hall–Kier alpha value is -0.970. The van der Waals surface area contributed by atoms with E-state index < -0.39 is 5.97 Å². The molecule has 0 spiro atoms. The Labute approximate surface area is 86.3 Å². The zero-order valence-corrected chi connectivity index (χ0v) is 8.70. The zero-order chi connectivity index (χ0) is 10.1. The summed E-state index contributed by atoms with van der Waals surface area (Å²) in [4.78, 5) is 11.8. The van der Waals surface area contributed by atoms with Gasteiger partial charge >= 0.3 is 5.97 Å². The maximum atomic E-state index is 10.8. The number of carboxylic acids is 1. The summed E-state index contributed by atoms with van der Waals surface area (Å²) in [5.74, 6) is -0.835. The highest BCUT2D eigenvalue weighted by Gasteiger charge is 2.37. The Morgan fingerprint density at radius 3 is 2.93 bits per heavy atom. The molecule has 1 N–H and O–H groups in total. The van der Waals surface area contributed by atoms with Crippen molar-refractivity contribution in [3.05, 3.63) is 12.4 Å². The number of carboxylic acid groups (broad SMARTS) is 1. The van der Waals surface area contributed by atoms with Crippen molar-refractivity contribution in [1.29, 1.82) is 0 Å². The van der Waals surface area contributed by atoms with E-state index >= 15 is 0 Å². The molecule has 5 heteroatoms. The number of carbonyl (C=O) groups is 1. The number of hydrogen-bond donors (Lipinski definition) is 1. The first kappa shape index (κ1) is 9.58. The summed E-state index contributed by atoms with van der Waals surface area (Å²) in [6.07, 6.45) is 5.51. The molecule has 0 bridgehead atoms. The van der Waals surface area contributed by atoms with Gasteiger partial charge in [0.1, 0.15) is 0 Å². The number of rotatable bonds is 3. The monoisotopic (exact) mass is 212 g/mol. The molecule has 1 aromatic rings. The third kappa shape index (κ3) is 1.77. The number of aryl methyl sites for hydroxylation is 1. The highest BCUT2D eigenvalue weighted by Crippen LogP contribution is 2.41. The quantitative estimate of drug-likeness (QED) is 0.822. The molecule has 0 amide bonds. The van der Waals surface area contributed by atoms with Gasteiger partial charge in [-0.2, -0.15) is 5.10 Å². The summed E-state index contributed by atoms with van der Waals surface area (Å²) in [5, 5.41) is 13.1. The third-order valence-corrected chi connectivity index (χ3v) is 3.85.